The minimum Gasteiger partial charge on any atom is -0.397 e. The predicted octanol–water partition coefficient (Wildman–Crippen LogP) is 2.65. The van der Waals surface area contributed by atoms with Crippen LogP contribution in [-0.4, -0.2) is 11.2 Å². The third kappa shape index (κ3) is 3.03. The average Bonchev–Trinajstić information content (AvgIpc) is 2.14. The number of rotatable bonds is 1. The highest BCUT2D eigenvalue weighted by molar-refractivity contribution is 6.29. The van der Waals surface area contributed by atoms with Gasteiger partial charge in [-0.05, 0) is 13.0 Å². The van der Waals surface area contributed by atoms with E-state index < -0.39 is 0 Å². The molecular weight excluding hydrogens is 186 g/mol. The minimum atomic E-state index is 0.371. The summed E-state index contributed by atoms with van der Waals surface area (Å²) >= 11 is 5.63. The van der Waals surface area contributed by atoms with Crippen molar-refractivity contribution >= 4 is 23.5 Å². The van der Waals surface area contributed by atoms with Crippen LogP contribution in [0.1, 0.15) is 25.1 Å². The molecule has 0 aromatic carbocycles. The zero-order valence-corrected chi connectivity index (χ0v) is 8.81. The first-order valence-corrected chi connectivity index (χ1v) is 4.46. The van der Waals surface area contributed by atoms with Crippen LogP contribution in [0, 0.1) is 12.3 Å². The summed E-state index contributed by atoms with van der Waals surface area (Å²) in [6.45, 7) is 5.76. The van der Waals surface area contributed by atoms with Gasteiger partial charge in [-0.25, -0.2) is 4.98 Å². The Labute approximate surface area is 83.4 Å². The summed E-state index contributed by atoms with van der Waals surface area (Å²) in [5.74, 6) is 0. The van der Waals surface area contributed by atoms with Gasteiger partial charge < -0.3 is 11.1 Å². The maximum atomic E-state index is 6.99. The van der Waals surface area contributed by atoms with Gasteiger partial charge in [-0.15, -0.1) is 0 Å². The summed E-state index contributed by atoms with van der Waals surface area (Å²) in [5, 5.41) is 7.36. The maximum Gasteiger partial charge on any atom is 0.130 e. The van der Waals surface area contributed by atoms with Crippen LogP contribution in [0.2, 0.25) is 5.15 Å². The Balaban J connectivity index is 0.000000671. The molecule has 0 radical (unpaired) electrons. The molecule has 13 heavy (non-hydrogen) atoms. The van der Waals surface area contributed by atoms with Crippen LogP contribution in [0.15, 0.2) is 6.07 Å². The van der Waals surface area contributed by atoms with Crippen molar-refractivity contribution in [2.45, 2.75) is 20.8 Å². The molecule has 0 bridgehead atoms. The molecule has 0 aliphatic carbocycles. The van der Waals surface area contributed by atoms with E-state index >= 15 is 0 Å². The molecule has 0 aliphatic rings. The molecule has 4 heteroatoms. The Hall–Kier alpha value is -1.09. The second kappa shape index (κ2) is 5.54. The lowest BCUT2D eigenvalue weighted by atomic mass is 10.2. The van der Waals surface area contributed by atoms with E-state index in [0.29, 0.717) is 22.1 Å². The monoisotopic (exact) mass is 199 g/mol. The molecule has 0 spiro atoms. The Kier molecular flexibility index (Phi) is 5.07. The Morgan fingerprint density at radius 3 is 2.54 bits per heavy atom. The van der Waals surface area contributed by atoms with Gasteiger partial charge in [-0.2, -0.15) is 0 Å². The zero-order chi connectivity index (χ0) is 10.4. The number of nitrogens with one attached hydrogen (secondary N) is 1. The number of anilines is 1. The van der Waals surface area contributed by atoms with Gasteiger partial charge in [0.2, 0.25) is 0 Å². The summed E-state index contributed by atoms with van der Waals surface area (Å²) in [6.07, 6.45) is 1.16. The van der Waals surface area contributed by atoms with Crippen LogP contribution < -0.4 is 5.73 Å². The van der Waals surface area contributed by atoms with Crippen molar-refractivity contribution in [3.63, 3.8) is 0 Å². The number of hydrogen-bond acceptors (Lipinski definition) is 3. The fourth-order valence-corrected chi connectivity index (χ4v) is 1.03. The number of nitrogens with two attached hydrogens (primary N) is 1. The summed E-state index contributed by atoms with van der Waals surface area (Å²) in [7, 11) is 0. The van der Waals surface area contributed by atoms with Crippen molar-refractivity contribution < 1.29 is 0 Å². The molecule has 0 fully saturated rings. The lowest BCUT2D eigenvalue weighted by molar-refractivity contribution is 1.20. The van der Waals surface area contributed by atoms with Crippen LogP contribution in [-0.2, 0) is 0 Å². The van der Waals surface area contributed by atoms with Crippen molar-refractivity contribution in [1.29, 1.82) is 5.41 Å². The fraction of sp³-hybridized carbons (Fsp3) is 0.333. The number of halogens is 1. The first kappa shape index (κ1) is 11.9. The smallest absolute Gasteiger partial charge is 0.130 e. The van der Waals surface area contributed by atoms with Gasteiger partial charge in [-0.1, -0.05) is 25.4 Å². The molecule has 0 unspecified atom stereocenters. The first-order valence-electron chi connectivity index (χ1n) is 4.08. The molecule has 1 aromatic heterocycles. The highest BCUT2D eigenvalue weighted by Gasteiger charge is 2.02. The van der Waals surface area contributed by atoms with Gasteiger partial charge in [-0.3, -0.25) is 0 Å². The molecule has 72 valence electrons. The van der Waals surface area contributed by atoms with Crippen LogP contribution in [0.5, 0.6) is 0 Å². The van der Waals surface area contributed by atoms with E-state index in [9.17, 15) is 0 Å². The molecule has 3 N–H and O–H groups in total. The van der Waals surface area contributed by atoms with E-state index in [-0.39, 0.29) is 0 Å². The molecule has 1 heterocycles. The standard InChI is InChI=1S/C7H8ClN3.C2H6/c1-4-7(10)5(3-9)2-6(8)11-4;1-2/h2-3,9H,10H2,1H3;1-2H3. The van der Waals surface area contributed by atoms with E-state index in [1.54, 1.807) is 13.0 Å². The quantitative estimate of drug-likeness (QED) is 0.540. The summed E-state index contributed by atoms with van der Waals surface area (Å²) in [4.78, 5) is 3.92. The Morgan fingerprint density at radius 2 is 2.08 bits per heavy atom. The Bertz CT molecular complexity index is 297. The van der Waals surface area contributed by atoms with Gasteiger partial charge in [0.1, 0.15) is 5.15 Å². The zero-order valence-electron chi connectivity index (χ0n) is 8.06. The summed E-state index contributed by atoms with van der Waals surface area (Å²) < 4.78 is 0. The van der Waals surface area contributed by atoms with Crippen molar-refractivity contribution in [1.82, 2.24) is 4.98 Å². The topological polar surface area (TPSA) is 62.8 Å². The summed E-state index contributed by atoms with van der Waals surface area (Å²) in [6, 6.07) is 1.57. The molecule has 0 amide bonds. The molecule has 0 aliphatic heterocycles. The lowest BCUT2D eigenvalue weighted by Gasteiger charge is -2.02. The lowest BCUT2D eigenvalue weighted by Crippen LogP contribution is -1.98. The van der Waals surface area contributed by atoms with Gasteiger partial charge in [0.25, 0.3) is 0 Å². The highest BCUT2D eigenvalue weighted by Crippen LogP contribution is 2.16. The number of nitrogens with zero attached hydrogens (tertiary/aromatic N) is 1. The third-order valence-corrected chi connectivity index (χ3v) is 1.60. The van der Waals surface area contributed by atoms with Crippen LogP contribution in [0.4, 0.5) is 5.69 Å². The van der Waals surface area contributed by atoms with E-state index in [4.69, 9.17) is 22.7 Å². The van der Waals surface area contributed by atoms with E-state index in [0.717, 1.165) is 6.21 Å². The molecule has 1 rings (SSSR count). The second-order valence-corrected chi connectivity index (χ2v) is 2.56. The van der Waals surface area contributed by atoms with E-state index in [1.165, 1.54) is 0 Å². The Morgan fingerprint density at radius 1 is 1.54 bits per heavy atom. The molecule has 0 atom stereocenters. The predicted molar refractivity (Wildman–Crippen MR) is 57.6 cm³/mol. The average molecular weight is 200 g/mol. The van der Waals surface area contributed by atoms with E-state index in [1.807, 2.05) is 13.8 Å². The first-order chi connectivity index (χ1) is 6.15. The number of nitrogen functional groups attached to an aromatic ring is 1. The van der Waals surface area contributed by atoms with Crippen molar-refractivity contribution in [3.8, 4) is 0 Å². The number of aryl methyl sites for hydroxylation is 1. The highest BCUT2D eigenvalue weighted by atomic mass is 35.5. The van der Waals surface area contributed by atoms with Crippen LogP contribution in [0.3, 0.4) is 0 Å². The fourth-order valence-electron chi connectivity index (χ4n) is 0.787. The molecule has 1 aromatic rings. The van der Waals surface area contributed by atoms with Crippen molar-refractivity contribution in [3.05, 3.63) is 22.5 Å². The van der Waals surface area contributed by atoms with Crippen molar-refractivity contribution in [2.75, 3.05) is 5.73 Å². The van der Waals surface area contributed by atoms with Crippen molar-refractivity contribution in [2.24, 2.45) is 0 Å². The number of aromatic nitrogens is 1. The second-order valence-electron chi connectivity index (χ2n) is 2.18. The normalized spacial score (nSPS) is 8.62. The van der Waals surface area contributed by atoms with Gasteiger partial charge in [0.05, 0.1) is 11.4 Å². The number of hydrogen-bond donors (Lipinski definition) is 2. The van der Waals surface area contributed by atoms with Crippen LogP contribution in [0.25, 0.3) is 0 Å². The molecule has 0 saturated carbocycles. The molecular formula is C9H14ClN3. The van der Waals surface area contributed by atoms with Gasteiger partial charge in [0.15, 0.2) is 0 Å². The maximum absolute atomic E-state index is 6.99. The third-order valence-electron chi connectivity index (χ3n) is 1.41. The minimum absolute atomic E-state index is 0.371. The van der Waals surface area contributed by atoms with E-state index in [2.05, 4.69) is 4.98 Å². The van der Waals surface area contributed by atoms with Gasteiger partial charge >= 0.3 is 0 Å². The largest absolute Gasteiger partial charge is 0.397 e. The summed E-state index contributed by atoms with van der Waals surface area (Å²) in [5.41, 5.74) is 7.38. The number of pyridine rings is 1. The van der Waals surface area contributed by atoms with Crippen LogP contribution >= 0.6 is 11.6 Å². The molecule has 0 saturated heterocycles. The van der Waals surface area contributed by atoms with Gasteiger partial charge in [0, 0.05) is 11.8 Å². The molecule has 3 nitrogen and oxygen atoms in total. The SMILES string of the molecule is CC.Cc1nc(Cl)cc(C=N)c1N.